The molecule has 0 heterocycles. The van der Waals surface area contributed by atoms with Crippen molar-refractivity contribution in [1.82, 2.24) is 0 Å². The van der Waals surface area contributed by atoms with Crippen LogP contribution < -0.4 is 39.7 Å². The monoisotopic (exact) mass is 1030 g/mol. The van der Waals surface area contributed by atoms with E-state index < -0.39 is 36.0 Å². The van der Waals surface area contributed by atoms with Crippen molar-refractivity contribution >= 4 is 117 Å². The van der Waals surface area contributed by atoms with Crippen molar-refractivity contribution in [3.8, 4) is 22.3 Å². The van der Waals surface area contributed by atoms with Gasteiger partial charge in [0.2, 0.25) is 0 Å². The van der Waals surface area contributed by atoms with Crippen molar-refractivity contribution in [2.24, 2.45) is 45.9 Å². The standard InChI is InChI=1S/C49H42N16O7S2/c50-31-9-19-41(62-58-33-11-1-27(2-12-33)29-5-15-35(16-6-29)60-64-43-25-47(73(67,68)69)39(54)23-37(43)52)45(21-31)56-49(66)57-46-22-32(51)10-20-42(46)63-59-34-13-3-28(4-14-34)30-7-17-36(18-8-30)61-65-44-26-48(74(70,71)72)40(55)24-38(44)53/h1-26H,50-55H2,(H2,56,57,66)(H,67,68,69)(H,70,71,72). The predicted molar refractivity (Wildman–Crippen MR) is 286 cm³/mol. The molecule has 8 aromatic carbocycles. The molecule has 0 amide bonds. The minimum Gasteiger partial charge on any atom is -0.480 e. The Labute approximate surface area is 422 Å². The lowest BCUT2D eigenvalue weighted by atomic mass is 10.1. The molecular weight excluding hydrogens is 989 g/mol. The first-order valence-electron chi connectivity index (χ1n) is 21.5. The van der Waals surface area contributed by atoms with Gasteiger partial charge in [0.05, 0.1) is 56.9 Å². The van der Waals surface area contributed by atoms with Crippen LogP contribution in [0, 0.1) is 0 Å². The number of nitrogen functional groups attached to an aromatic ring is 6. The van der Waals surface area contributed by atoms with Gasteiger partial charge in [-0.15, -0.1) is 20.5 Å². The second kappa shape index (κ2) is 21.2. The van der Waals surface area contributed by atoms with Crippen LogP contribution in [0.3, 0.4) is 0 Å². The quantitative estimate of drug-likeness (QED) is 0.0159. The number of azo groups is 4. The summed E-state index contributed by atoms with van der Waals surface area (Å²) in [6.07, 6.45) is 0. The van der Waals surface area contributed by atoms with Gasteiger partial charge in [0, 0.05) is 11.4 Å². The molecular formula is C49H42N16O7S2. The maximum Gasteiger partial charge on any atom is 0.296 e. The van der Waals surface area contributed by atoms with Gasteiger partial charge in [-0.25, -0.2) is 0 Å². The zero-order chi connectivity index (χ0) is 52.7. The Kier molecular flexibility index (Phi) is 14.4. The van der Waals surface area contributed by atoms with Crippen molar-refractivity contribution in [2.45, 2.75) is 9.79 Å². The van der Waals surface area contributed by atoms with E-state index in [0.29, 0.717) is 51.2 Å². The Bertz CT molecular complexity index is 3820. The van der Waals surface area contributed by atoms with E-state index in [1.807, 2.05) is 48.5 Å². The number of nitrogens with two attached hydrogens (primary N) is 6. The molecule has 0 saturated heterocycles. The average Bonchev–Trinajstić information content (AvgIpc) is 3.35. The fraction of sp³-hybridized carbons (Fsp3) is 0. The van der Waals surface area contributed by atoms with Crippen molar-refractivity contribution in [1.29, 1.82) is 0 Å². The van der Waals surface area contributed by atoms with Crippen LogP contribution in [-0.2, 0) is 20.2 Å². The van der Waals surface area contributed by atoms with Crippen molar-refractivity contribution in [3.05, 3.63) is 158 Å². The number of hydrogen-bond acceptors (Lipinski definition) is 19. The highest BCUT2D eigenvalue weighted by Gasteiger charge is 2.18. The van der Waals surface area contributed by atoms with Crippen molar-refractivity contribution in [3.63, 3.8) is 0 Å². The minimum absolute atomic E-state index is 0.0154. The van der Waals surface area contributed by atoms with Gasteiger partial charge >= 0.3 is 0 Å². The first-order valence-corrected chi connectivity index (χ1v) is 24.4. The number of hydrogen-bond donors (Lipinski definition) is 10. The summed E-state index contributed by atoms with van der Waals surface area (Å²) in [5, 5.41) is 47.7. The summed E-state index contributed by atoms with van der Waals surface area (Å²) < 4.78 is 65.5. The van der Waals surface area contributed by atoms with Gasteiger partial charge in [-0.05, 0) is 131 Å². The first kappa shape index (κ1) is 50.4. The Morgan fingerprint density at radius 1 is 0.365 bits per heavy atom. The Balaban J connectivity index is 0.905. The number of nitrogens with one attached hydrogen (secondary N) is 1. The second-order valence-electron chi connectivity index (χ2n) is 15.9. The van der Waals surface area contributed by atoms with Crippen LogP contribution in [0.2, 0.25) is 0 Å². The smallest absolute Gasteiger partial charge is 0.296 e. The molecule has 16 N–H and O–H groups in total. The molecule has 0 aliphatic rings. The van der Waals surface area contributed by atoms with Crippen LogP contribution in [-0.4, -0.2) is 37.1 Å². The maximum absolute atomic E-state index is 11.7. The number of amidine groups is 1. The van der Waals surface area contributed by atoms with E-state index in [2.05, 4.69) is 51.2 Å². The molecule has 0 aliphatic carbocycles. The van der Waals surface area contributed by atoms with Gasteiger partial charge in [0.1, 0.15) is 32.5 Å². The van der Waals surface area contributed by atoms with Crippen LogP contribution in [0.15, 0.2) is 213 Å². The zero-order valence-corrected chi connectivity index (χ0v) is 39.9. The molecule has 0 aromatic heterocycles. The number of anilines is 7. The summed E-state index contributed by atoms with van der Waals surface area (Å²) in [6.45, 7) is 0. The normalized spacial score (nSPS) is 12.4. The SMILES string of the molecule is Nc1ccc(N=Nc2ccc(-c3ccc(N=Nc4cc(S(=O)(=O)O)c(N)cc4N)cc3)cc2)c(N=C(O)Nc2cc(N)ccc2N=Nc2ccc(-c3ccc(N=Nc4cc(S(=O)(=O)O)c(N)cc4N)cc3)cc2)c1. The third-order valence-electron chi connectivity index (χ3n) is 10.6. The van der Waals surface area contributed by atoms with E-state index in [-0.39, 0.29) is 39.8 Å². The van der Waals surface area contributed by atoms with E-state index in [0.717, 1.165) is 34.4 Å². The Morgan fingerprint density at radius 2 is 0.703 bits per heavy atom. The fourth-order valence-corrected chi connectivity index (χ4v) is 8.11. The minimum atomic E-state index is -4.59. The number of aliphatic hydroxyl groups excluding tert-OH is 1. The topological polar surface area (TPSA) is 408 Å². The van der Waals surface area contributed by atoms with Crippen molar-refractivity contribution in [2.75, 3.05) is 39.7 Å². The van der Waals surface area contributed by atoms with Gasteiger partial charge in [-0.1, -0.05) is 48.5 Å². The third kappa shape index (κ3) is 12.5. The highest BCUT2D eigenvalue weighted by molar-refractivity contribution is 7.86. The molecule has 25 heteroatoms. The number of rotatable bonds is 14. The Morgan fingerprint density at radius 3 is 1.08 bits per heavy atom. The van der Waals surface area contributed by atoms with E-state index in [1.54, 1.807) is 78.9 Å². The number of benzene rings is 8. The van der Waals surface area contributed by atoms with Crippen LogP contribution in [0.4, 0.5) is 91.0 Å². The highest BCUT2D eigenvalue weighted by Crippen LogP contribution is 2.37. The molecule has 0 spiro atoms. The predicted octanol–water partition coefficient (Wildman–Crippen LogP) is 12.3. The van der Waals surface area contributed by atoms with E-state index in [1.165, 1.54) is 18.2 Å². The summed E-state index contributed by atoms with van der Waals surface area (Å²) in [7, 11) is -9.19. The largest absolute Gasteiger partial charge is 0.480 e. The van der Waals surface area contributed by atoms with E-state index in [4.69, 9.17) is 34.4 Å². The lowest BCUT2D eigenvalue weighted by molar-refractivity contribution is 0.481. The van der Waals surface area contributed by atoms with Crippen LogP contribution >= 0.6 is 0 Å². The molecule has 0 aliphatic heterocycles. The average molecular weight is 1030 g/mol. The lowest BCUT2D eigenvalue weighted by Crippen LogP contribution is -2.10. The number of nitrogens with zero attached hydrogens (tertiary/aromatic N) is 9. The molecule has 0 fully saturated rings. The Hall–Kier alpha value is -9.95. The molecule has 0 saturated carbocycles. The number of aliphatic imine (C=N–C) groups is 1. The summed E-state index contributed by atoms with van der Waals surface area (Å²) >= 11 is 0. The van der Waals surface area contributed by atoms with Gasteiger partial charge in [-0.3, -0.25) is 9.11 Å². The first-order chi connectivity index (χ1) is 35.2. The molecule has 0 unspecified atom stereocenters. The highest BCUT2D eigenvalue weighted by atomic mass is 32.2. The number of aliphatic hydroxyl groups is 1. The third-order valence-corrected chi connectivity index (χ3v) is 12.4. The van der Waals surface area contributed by atoms with E-state index >= 15 is 0 Å². The summed E-state index contributed by atoms with van der Waals surface area (Å²) in [5.74, 6) is 0. The van der Waals surface area contributed by atoms with Gasteiger partial charge in [0.15, 0.2) is 0 Å². The summed E-state index contributed by atoms with van der Waals surface area (Å²) in [4.78, 5) is 3.27. The molecule has 8 rings (SSSR count). The lowest BCUT2D eigenvalue weighted by Gasteiger charge is -2.09. The van der Waals surface area contributed by atoms with E-state index in [9.17, 15) is 31.0 Å². The van der Waals surface area contributed by atoms with Crippen LogP contribution in [0.1, 0.15) is 0 Å². The van der Waals surface area contributed by atoms with Crippen molar-refractivity contribution < 1.29 is 31.0 Å². The molecule has 23 nitrogen and oxygen atoms in total. The molecule has 0 radical (unpaired) electrons. The van der Waals surface area contributed by atoms with Crippen LogP contribution in [0.5, 0.6) is 0 Å². The fourth-order valence-electron chi connectivity index (χ4n) is 6.87. The molecule has 74 heavy (non-hydrogen) atoms. The maximum atomic E-state index is 11.7. The van der Waals surface area contributed by atoms with Gasteiger partial charge in [-0.2, -0.15) is 42.3 Å². The summed E-state index contributed by atoms with van der Waals surface area (Å²) in [5.41, 5.74) is 42.4. The molecule has 8 aromatic rings. The van der Waals surface area contributed by atoms with Gasteiger partial charge < -0.3 is 44.8 Å². The molecule has 0 bridgehead atoms. The molecule has 372 valence electrons. The zero-order valence-electron chi connectivity index (χ0n) is 38.3. The molecule has 0 atom stereocenters. The summed E-state index contributed by atoms with van der Waals surface area (Å²) in [6, 6.07) is 42.0. The second-order valence-corrected chi connectivity index (χ2v) is 18.7. The van der Waals surface area contributed by atoms with Crippen LogP contribution in [0.25, 0.3) is 22.3 Å². The van der Waals surface area contributed by atoms with Gasteiger partial charge in [0.25, 0.3) is 26.3 Å².